The third-order valence-corrected chi connectivity index (χ3v) is 2.88. The van der Waals surface area contributed by atoms with E-state index in [1.165, 1.54) is 0 Å². The minimum atomic E-state index is 0.367. The van der Waals surface area contributed by atoms with Crippen molar-refractivity contribution in [2.75, 3.05) is 5.32 Å². The molecule has 0 aliphatic carbocycles. The summed E-state index contributed by atoms with van der Waals surface area (Å²) in [6.07, 6.45) is 2.04. The van der Waals surface area contributed by atoms with Crippen LogP contribution in [-0.4, -0.2) is 15.6 Å². The molecule has 2 aromatic rings. The maximum atomic E-state index is 4.49. The molecule has 0 saturated carbocycles. The Kier molecular flexibility index (Phi) is 3.52. The lowest BCUT2D eigenvalue weighted by atomic mass is 10.3. The number of aromatic nitrogens is 2. The average Bonchev–Trinajstić information content (AvgIpc) is 2.59. The van der Waals surface area contributed by atoms with Crippen LogP contribution in [-0.2, 0) is 0 Å². The lowest BCUT2D eigenvalue weighted by Crippen LogP contribution is -2.13. The molecule has 1 aromatic carbocycles. The first kappa shape index (κ1) is 12.2. The van der Waals surface area contributed by atoms with E-state index in [0.29, 0.717) is 6.04 Å². The zero-order chi connectivity index (χ0) is 12.4. The van der Waals surface area contributed by atoms with Crippen molar-refractivity contribution in [1.82, 2.24) is 9.55 Å². The predicted molar refractivity (Wildman–Crippen MR) is 74.8 cm³/mol. The molecule has 1 heterocycles. The molecule has 0 radical (unpaired) electrons. The van der Waals surface area contributed by atoms with Crippen LogP contribution in [0, 0.1) is 6.92 Å². The highest BCUT2D eigenvalue weighted by Gasteiger charge is 2.08. The number of nitrogens with one attached hydrogen (secondary N) is 1. The van der Waals surface area contributed by atoms with Gasteiger partial charge in [0.25, 0.3) is 0 Å². The van der Waals surface area contributed by atoms with Gasteiger partial charge in [-0.15, -0.1) is 0 Å². The normalized spacial score (nSPS) is 10.9. The Hall–Kier alpha value is -1.29. The minimum Gasteiger partial charge on any atom is -0.353 e. The van der Waals surface area contributed by atoms with E-state index in [1.54, 1.807) is 0 Å². The van der Waals surface area contributed by atoms with Crippen LogP contribution in [0.15, 0.2) is 34.9 Å². The number of halogens is 1. The molecule has 0 fully saturated rings. The maximum Gasteiger partial charge on any atom is 0.207 e. The number of benzene rings is 1. The Labute approximate surface area is 110 Å². The summed E-state index contributed by atoms with van der Waals surface area (Å²) in [6, 6.07) is 8.56. The summed E-state index contributed by atoms with van der Waals surface area (Å²) in [5.74, 6) is 0.889. The zero-order valence-corrected chi connectivity index (χ0v) is 11.8. The van der Waals surface area contributed by atoms with Crippen molar-refractivity contribution in [3.05, 3.63) is 40.6 Å². The van der Waals surface area contributed by atoms with Gasteiger partial charge in [-0.3, -0.25) is 4.57 Å². The Balaban J connectivity index is 2.40. The van der Waals surface area contributed by atoms with Crippen molar-refractivity contribution < 1.29 is 0 Å². The summed E-state index contributed by atoms with van der Waals surface area (Å²) in [7, 11) is 0. The molecular formula is C13H16BrN3. The minimum absolute atomic E-state index is 0.367. The monoisotopic (exact) mass is 293 g/mol. The molecule has 0 amide bonds. The van der Waals surface area contributed by atoms with Crippen LogP contribution >= 0.6 is 15.9 Å². The second-order valence-corrected chi connectivity index (χ2v) is 5.27. The highest BCUT2D eigenvalue weighted by Crippen LogP contribution is 2.19. The van der Waals surface area contributed by atoms with Crippen molar-refractivity contribution in [3.8, 4) is 5.69 Å². The van der Waals surface area contributed by atoms with E-state index in [0.717, 1.165) is 21.8 Å². The van der Waals surface area contributed by atoms with E-state index in [2.05, 4.69) is 56.8 Å². The van der Waals surface area contributed by atoms with E-state index < -0.39 is 0 Å². The van der Waals surface area contributed by atoms with Crippen molar-refractivity contribution in [3.63, 3.8) is 0 Å². The lowest BCUT2D eigenvalue weighted by molar-refractivity contribution is 0.864. The largest absolute Gasteiger partial charge is 0.353 e. The van der Waals surface area contributed by atoms with Crippen molar-refractivity contribution in [2.24, 2.45) is 0 Å². The molecule has 3 nitrogen and oxygen atoms in total. The van der Waals surface area contributed by atoms with Gasteiger partial charge in [-0.1, -0.05) is 15.9 Å². The number of imidazole rings is 1. The van der Waals surface area contributed by atoms with Gasteiger partial charge in [-0.2, -0.15) is 0 Å². The van der Waals surface area contributed by atoms with Crippen LogP contribution < -0.4 is 5.32 Å². The Morgan fingerprint density at radius 2 is 1.88 bits per heavy atom. The molecule has 0 bridgehead atoms. The summed E-state index contributed by atoms with van der Waals surface area (Å²) in [6.45, 7) is 6.22. The van der Waals surface area contributed by atoms with Gasteiger partial charge in [-0.25, -0.2) is 4.98 Å². The van der Waals surface area contributed by atoms with E-state index in [9.17, 15) is 0 Å². The van der Waals surface area contributed by atoms with E-state index in [4.69, 9.17) is 0 Å². The van der Waals surface area contributed by atoms with Gasteiger partial charge in [0.05, 0.1) is 5.69 Å². The average molecular weight is 294 g/mol. The third-order valence-electron chi connectivity index (χ3n) is 2.35. The first-order valence-corrected chi connectivity index (χ1v) is 6.44. The molecule has 0 atom stereocenters. The summed E-state index contributed by atoms with van der Waals surface area (Å²) in [4.78, 5) is 4.49. The topological polar surface area (TPSA) is 29.9 Å². The molecule has 0 aliphatic rings. The first-order chi connectivity index (χ1) is 8.06. The molecule has 1 aromatic heterocycles. The number of hydrogen-bond donors (Lipinski definition) is 1. The molecule has 0 saturated heterocycles. The molecule has 17 heavy (non-hydrogen) atoms. The van der Waals surface area contributed by atoms with Crippen LogP contribution in [0.4, 0.5) is 5.95 Å². The number of aryl methyl sites for hydroxylation is 1. The van der Waals surface area contributed by atoms with Crippen LogP contribution in [0.3, 0.4) is 0 Å². The van der Waals surface area contributed by atoms with Gasteiger partial charge >= 0.3 is 0 Å². The molecule has 4 heteroatoms. The van der Waals surface area contributed by atoms with Gasteiger partial charge in [0.2, 0.25) is 5.95 Å². The molecule has 0 spiro atoms. The van der Waals surface area contributed by atoms with Crippen molar-refractivity contribution in [2.45, 2.75) is 26.8 Å². The zero-order valence-electron chi connectivity index (χ0n) is 10.2. The second kappa shape index (κ2) is 4.92. The Bertz CT molecular complexity index is 500. The van der Waals surface area contributed by atoms with E-state index in [-0.39, 0.29) is 0 Å². The lowest BCUT2D eigenvalue weighted by Gasteiger charge is -2.12. The van der Waals surface area contributed by atoms with Gasteiger partial charge < -0.3 is 5.32 Å². The molecule has 0 aliphatic heterocycles. The summed E-state index contributed by atoms with van der Waals surface area (Å²) < 4.78 is 3.15. The Morgan fingerprint density at radius 3 is 2.47 bits per heavy atom. The van der Waals surface area contributed by atoms with E-state index >= 15 is 0 Å². The fourth-order valence-electron chi connectivity index (χ4n) is 1.66. The quantitative estimate of drug-likeness (QED) is 0.934. The number of hydrogen-bond acceptors (Lipinski definition) is 2. The second-order valence-electron chi connectivity index (χ2n) is 4.35. The molecule has 0 unspecified atom stereocenters. The first-order valence-electron chi connectivity index (χ1n) is 5.65. The fraction of sp³-hybridized carbons (Fsp3) is 0.308. The summed E-state index contributed by atoms with van der Waals surface area (Å²) in [5.41, 5.74) is 2.12. The molecular weight excluding hydrogens is 278 g/mol. The van der Waals surface area contributed by atoms with Crippen LogP contribution in [0.2, 0.25) is 0 Å². The number of nitrogens with zero attached hydrogens (tertiary/aromatic N) is 2. The van der Waals surface area contributed by atoms with Crippen molar-refractivity contribution in [1.29, 1.82) is 0 Å². The van der Waals surface area contributed by atoms with Gasteiger partial charge in [0.1, 0.15) is 0 Å². The van der Waals surface area contributed by atoms with Crippen molar-refractivity contribution >= 4 is 21.9 Å². The van der Waals surface area contributed by atoms with Crippen LogP contribution in [0.1, 0.15) is 19.5 Å². The third kappa shape index (κ3) is 2.88. The fourth-order valence-corrected chi connectivity index (χ4v) is 1.92. The molecule has 1 N–H and O–H groups in total. The smallest absolute Gasteiger partial charge is 0.207 e. The molecule has 90 valence electrons. The number of rotatable bonds is 3. The highest BCUT2D eigenvalue weighted by atomic mass is 79.9. The highest BCUT2D eigenvalue weighted by molar-refractivity contribution is 9.10. The molecule has 2 rings (SSSR count). The van der Waals surface area contributed by atoms with Crippen LogP contribution in [0.25, 0.3) is 5.69 Å². The van der Waals surface area contributed by atoms with Gasteiger partial charge in [0.15, 0.2) is 0 Å². The number of anilines is 1. The van der Waals surface area contributed by atoms with Crippen LogP contribution in [0.5, 0.6) is 0 Å². The standard InChI is InChI=1S/C13H16BrN3/c1-9(2)15-13-16-10(3)8-17(13)12-6-4-11(14)5-7-12/h4-9H,1-3H3,(H,15,16). The maximum absolute atomic E-state index is 4.49. The van der Waals surface area contributed by atoms with Gasteiger partial charge in [-0.05, 0) is 45.0 Å². The van der Waals surface area contributed by atoms with E-state index in [1.807, 2.05) is 25.3 Å². The summed E-state index contributed by atoms with van der Waals surface area (Å²) >= 11 is 3.44. The Morgan fingerprint density at radius 1 is 1.24 bits per heavy atom. The SMILES string of the molecule is Cc1cn(-c2ccc(Br)cc2)c(NC(C)C)n1. The van der Waals surface area contributed by atoms with Gasteiger partial charge in [0, 0.05) is 22.4 Å². The summed E-state index contributed by atoms with van der Waals surface area (Å²) in [5, 5.41) is 3.35. The predicted octanol–water partition coefficient (Wildman–Crippen LogP) is 3.76.